The van der Waals surface area contributed by atoms with Crippen LogP contribution >= 0.6 is 0 Å². The second-order valence-electron chi connectivity index (χ2n) is 17.4. The Hall–Kier alpha value is -4.99. The summed E-state index contributed by atoms with van der Waals surface area (Å²) in [6.07, 6.45) is 3.26. The zero-order valence-corrected chi connectivity index (χ0v) is 35.0. The van der Waals surface area contributed by atoms with Gasteiger partial charge < -0.3 is 0 Å². The Morgan fingerprint density at radius 3 is 2.00 bits per heavy atom. The van der Waals surface area contributed by atoms with Crippen molar-refractivity contribution in [3.63, 3.8) is 0 Å². The standard InChI is InChI=1S/C49H48N4O.Pt/c1-32-22-47(50-29-43(32)33-14-9-8-10-15-33)51-30-34-23-42(34)41-21-20-40(28-46(41)51)54-39-17-13-16-37(27-39)52-31-53(45-19-12-11-18-44(45)52)38-25-35(48(2,3)4)24-36(26-38)49(5,6)7;/h8-22,24-29,34,42H,23,30H2,1-7H3;. The second-order valence-corrected chi connectivity index (χ2v) is 18.4. The molecule has 0 spiro atoms. The molecule has 0 bridgehead atoms. The normalized spacial score (nSPS) is 16.6. The monoisotopic (exact) mass is 903 g/mol. The summed E-state index contributed by atoms with van der Waals surface area (Å²) in [7, 11) is 0. The first-order chi connectivity index (χ1) is 26.3. The number of pyridine rings is 1. The van der Waals surface area contributed by atoms with Gasteiger partial charge in [0.05, 0.1) is 0 Å². The number of hydrogen-bond donors (Lipinski definition) is 0. The van der Waals surface area contributed by atoms with Gasteiger partial charge in [-0.3, -0.25) is 0 Å². The van der Waals surface area contributed by atoms with Gasteiger partial charge in [0.1, 0.15) is 0 Å². The molecule has 5 aromatic carbocycles. The minimum Gasteiger partial charge on any atom is -0.0622 e. The van der Waals surface area contributed by atoms with Crippen molar-refractivity contribution in [2.75, 3.05) is 11.4 Å². The Kier molecular flexibility index (Phi) is 8.66. The summed E-state index contributed by atoms with van der Waals surface area (Å²) in [5.41, 5.74) is 13.4. The predicted octanol–water partition coefficient (Wildman–Crippen LogP) is 12.5. The molecular formula is C49H48N4OPt. The van der Waals surface area contributed by atoms with Crippen molar-refractivity contribution in [3.05, 3.63) is 154 Å². The molecule has 5 nitrogen and oxygen atoms in total. The average molecular weight is 904 g/mol. The van der Waals surface area contributed by atoms with E-state index in [4.69, 9.17) is 9.72 Å². The Labute approximate surface area is 335 Å². The van der Waals surface area contributed by atoms with Crippen molar-refractivity contribution in [3.8, 4) is 34.0 Å². The van der Waals surface area contributed by atoms with Crippen molar-refractivity contribution in [2.24, 2.45) is 5.92 Å². The van der Waals surface area contributed by atoms with Gasteiger partial charge in [-0.05, 0) is 18.1 Å². The number of benzene rings is 5. The van der Waals surface area contributed by atoms with E-state index in [0.717, 1.165) is 38.9 Å². The van der Waals surface area contributed by atoms with Gasteiger partial charge in [-0.25, -0.2) is 0 Å². The third-order valence-corrected chi connectivity index (χ3v) is 12.4. The number of imidazole rings is 1. The number of aryl methyl sites for hydroxylation is 1. The Morgan fingerprint density at radius 1 is 0.673 bits per heavy atom. The van der Waals surface area contributed by atoms with Crippen molar-refractivity contribution in [1.82, 2.24) is 14.1 Å². The predicted molar refractivity (Wildman–Crippen MR) is 222 cm³/mol. The van der Waals surface area contributed by atoms with E-state index in [1.165, 1.54) is 56.7 Å². The summed E-state index contributed by atoms with van der Waals surface area (Å²) in [6.45, 7) is 17.0. The van der Waals surface area contributed by atoms with Gasteiger partial charge in [-0.2, -0.15) is 0 Å². The van der Waals surface area contributed by atoms with E-state index in [0.29, 0.717) is 11.8 Å². The van der Waals surface area contributed by atoms with E-state index >= 15 is 0 Å². The van der Waals surface area contributed by atoms with E-state index in [2.05, 4.69) is 203 Å². The van der Waals surface area contributed by atoms with E-state index in [1.54, 1.807) is 0 Å². The van der Waals surface area contributed by atoms with Crippen molar-refractivity contribution in [1.29, 1.82) is 0 Å². The van der Waals surface area contributed by atoms with E-state index in [9.17, 15) is 0 Å². The van der Waals surface area contributed by atoms with Crippen LogP contribution in [-0.4, -0.2) is 20.7 Å². The third kappa shape index (κ3) is 6.61. The summed E-state index contributed by atoms with van der Waals surface area (Å²) >= 11 is 2.50. The fraction of sp³-hybridized carbons (Fsp3) is 0.265. The van der Waals surface area contributed by atoms with Crippen LogP contribution in [0.4, 0.5) is 11.5 Å². The zero-order chi connectivity index (χ0) is 38.2. The summed E-state index contributed by atoms with van der Waals surface area (Å²) in [4.78, 5) is 7.42. The van der Waals surface area contributed by atoms with Crippen molar-refractivity contribution in [2.45, 2.75) is 71.6 Å². The first-order valence-corrected chi connectivity index (χ1v) is 20.5. The molecule has 0 amide bonds. The molecule has 9 rings (SSSR count). The minimum absolute atomic E-state index is 0.0166. The number of rotatable bonds is 6. The van der Waals surface area contributed by atoms with E-state index in [1.807, 2.05) is 6.20 Å². The molecule has 1 aliphatic heterocycles. The van der Waals surface area contributed by atoms with Crippen LogP contribution in [0.2, 0.25) is 0 Å². The van der Waals surface area contributed by atoms with Crippen LogP contribution in [0.15, 0.2) is 128 Å². The molecule has 1 saturated carbocycles. The van der Waals surface area contributed by atoms with Gasteiger partial charge in [0.15, 0.2) is 0 Å². The number of hydrogen-bond acceptors (Lipinski definition) is 3. The number of anilines is 2. The van der Waals surface area contributed by atoms with Gasteiger partial charge in [-0.15, -0.1) is 0 Å². The number of ether oxygens (including phenoxy) is 1. The van der Waals surface area contributed by atoms with Gasteiger partial charge in [0, 0.05) is 11.8 Å². The number of nitrogens with zero attached hydrogens (tertiary/aromatic N) is 4. The second kappa shape index (κ2) is 13.3. The van der Waals surface area contributed by atoms with Crippen LogP contribution in [0.3, 0.4) is 0 Å². The Morgan fingerprint density at radius 2 is 1.33 bits per heavy atom. The molecule has 0 N–H and O–H groups in total. The number of aromatic nitrogens is 3. The van der Waals surface area contributed by atoms with Crippen LogP contribution in [0, 0.1) is 16.6 Å². The maximum atomic E-state index is 6.72. The molecule has 3 heterocycles. The summed E-state index contributed by atoms with van der Waals surface area (Å²) < 4.78 is 12.6. The van der Waals surface area contributed by atoms with E-state index in [-0.39, 0.29) is 10.8 Å². The molecular weight excluding hydrogens is 856 g/mol. The van der Waals surface area contributed by atoms with Crippen LogP contribution in [-0.2, 0) is 30.2 Å². The van der Waals surface area contributed by atoms with Crippen molar-refractivity contribution < 1.29 is 24.1 Å². The molecule has 2 atom stereocenters. The SMILES string of the molecule is Cc1cc(N2CC3CC3c3ccc(Oc4cccc(-n5[c](=[Pt])n(-c6cc(C(C)(C)C)cc(C(C)(C)C)c6)c6ccccc65)c4)cc32)ncc1-c1ccccc1. The first-order valence-electron chi connectivity index (χ1n) is 19.4. The molecule has 0 saturated heterocycles. The fourth-order valence-corrected chi connectivity index (χ4v) is 9.29. The molecule has 55 heavy (non-hydrogen) atoms. The first kappa shape index (κ1) is 35.7. The van der Waals surface area contributed by atoms with Gasteiger partial charge in [0.2, 0.25) is 0 Å². The zero-order valence-electron chi connectivity index (χ0n) is 32.7. The van der Waals surface area contributed by atoms with Crippen LogP contribution in [0.25, 0.3) is 33.5 Å². The molecule has 1 aliphatic carbocycles. The smallest absolute Gasteiger partial charge is 0.0622 e. The number of para-hydroxylation sites is 2. The molecule has 6 heteroatoms. The molecule has 0 radical (unpaired) electrons. The molecule has 280 valence electrons. The fourth-order valence-electron chi connectivity index (χ4n) is 8.15. The topological polar surface area (TPSA) is 35.2 Å². The van der Waals surface area contributed by atoms with Gasteiger partial charge >= 0.3 is 277 Å². The summed E-state index contributed by atoms with van der Waals surface area (Å²) in [5.74, 6) is 3.91. The minimum atomic E-state index is 0.0166. The van der Waals surface area contributed by atoms with Crippen LogP contribution in [0.1, 0.15) is 76.1 Å². The van der Waals surface area contributed by atoms with Crippen LogP contribution in [0.5, 0.6) is 11.5 Å². The Bertz CT molecular complexity index is 2630. The third-order valence-electron chi connectivity index (χ3n) is 11.4. The van der Waals surface area contributed by atoms with E-state index < -0.39 is 0 Å². The molecule has 2 aromatic heterocycles. The molecule has 7 aromatic rings. The van der Waals surface area contributed by atoms with Crippen LogP contribution < -0.4 is 9.64 Å². The molecule has 2 aliphatic rings. The summed E-state index contributed by atoms with van der Waals surface area (Å²) in [5, 5.41) is 0. The average Bonchev–Trinajstić information content (AvgIpc) is 3.89. The molecule has 2 unspecified atom stereocenters. The number of fused-ring (bicyclic) bond motifs is 4. The Balaban J connectivity index is 1.07. The van der Waals surface area contributed by atoms with Gasteiger partial charge in [0.25, 0.3) is 0 Å². The quantitative estimate of drug-likeness (QED) is 0.167. The van der Waals surface area contributed by atoms with Gasteiger partial charge in [-0.1, -0.05) is 30.3 Å². The molecule has 1 fully saturated rings. The maximum absolute atomic E-state index is 6.72. The summed E-state index contributed by atoms with van der Waals surface area (Å²) in [6, 6.07) is 43.7. The van der Waals surface area contributed by atoms with Crippen molar-refractivity contribution >= 4 is 22.5 Å².